The van der Waals surface area contributed by atoms with Gasteiger partial charge in [0.25, 0.3) is 0 Å². The van der Waals surface area contributed by atoms with Gasteiger partial charge in [0.05, 0.1) is 28.5 Å². The van der Waals surface area contributed by atoms with Gasteiger partial charge in [-0.05, 0) is 18.2 Å². The van der Waals surface area contributed by atoms with Crippen LogP contribution in [0.5, 0.6) is 11.5 Å². The molecule has 0 bridgehead atoms. The molecule has 84 valence electrons. The summed E-state index contributed by atoms with van der Waals surface area (Å²) in [7, 11) is 0. The lowest BCUT2D eigenvalue weighted by Gasteiger charge is -2.08. The Kier molecular flexibility index (Phi) is 3.12. The first-order chi connectivity index (χ1) is 8.19. The molecule has 2 N–H and O–H groups in total. The third-order valence-electron chi connectivity index (χ3n) is 2.05. The molecule has 2 rings (SSSR count). The number of nitrogen functional groups attached to an aromatic ring is 1. The molecule has 0 saturated carbocycles. The normalized spacial score (nSPS) is 9.65. The molecule has 17 heavy (non-hydrogen) atoms. The minimum Gasteiger partial charge on any atom is -0.454 e. The van der Waals surface area contributed by atoms with Crippen molar-refractivity contribution >= 4 is 17.3 Å². The number of hydrogen-bond acceptors (Lipinski definition) is 4. The summed E-state index contributed by atoms with van der Waals surface area (Å²) in [5.41, 5.74) is 6.63. The predicted molar refractivity (Wildman–Crippen MR) is 64.9 cm³/mol. The number of nitrogens with two attached hydrogens (primary N) is 1. The maximum atomic E-state index is 8.71. The Morgan fingerprint density at radius 2 is 2.12 bits per heavy atom. The summed E-state index contributed by atoms with van der Waals surface area (Å²) in [4.78, 5) is 3.89. The fraction of sp³-hybridized carbons (Fsp3) is 0. The second-order valence-corrected chi connectivity index (χ2v) is 3.74. The van der Waals surface area contributed by atoms with Gasteiger partial charge in [-0.2, -0.15) is 5.26 Å². The molecule has 4 nitrogen and oxygen atoms in total. The quantitative estimate of drug-likeness (QED) is 0.826. The average molecular weight is 246 g/mol. The summed E-state index contributed by atoms with van der Waals surface area (Å²) in [6.45, 7) is 0. The number of pyridine rings is 1. The Hall–Kier alpha value is -2.25. The zero-order chi connectivity index (χ0) is 12.3. The number of nitriles is 1. The first kappa shape index (κ1) is 11.2. The molecule has 0 spiro atoms. The number of halogens is 1. The molecule has 1 aromatic heterocycles. The van der Waals surface area contributed by atoms with E-state index in [0.717, 1.165) is 0 Å². The van der Waals surface area contributed by atoms with E-state index >= 15 is 0 Å². The van der Waals surface area contributed by atoms with Crippen LogP contribution in [0.25, 0.3) is 0 Å². The highest BCUT2D eigenvalue weighted by atomic mass is 35.5. The van der Waals surface area contributed by atoms with E-state index < -0.39 is 0 Å². The van der Waals surface area contributed by atoms with E-state index in [0.29, 0.717) is 27.8 Å². The standard InChI is InChI=1S/C12H8ClN3O/c13-9-4-10(7-16-6-9)17-12-2-1-8(5-14)3-11(12)15/h1-4,6-7H,15H2. The van der Waals surface area contributed by atoms with Crippen molar-refractivity contribution in [3.8, 4) is 17.6 Å². The lowest BCUT2D eigenvalue weighted by Crippen LogP contribution is -1.93. The van der Waals surface area contributed by atoms with Gasteiger partial charge in [-0.3, -0.25) is 4.98 Å². The van der Waals surface area contributed by atoms with E-state index in [1.54, 1.807) is 24.3 Å². The van der Waals surface area contributed by atoms with Crippen molar-refractivity contribution in [1.29, 1.82) is 5.26 Å². The molecule has 0 fully saturated rings. The van der Waals surface area contributed by atoms with Gasteiger partial charge in [0.2, 0.25) is 0 Å². The van der Waals surface area contributed by atoms with Crippen molar-refractivity contribution in [2.45, 2.75) is 0 Å². The van der Waals surface area contributed by atoms with E-state index in [-0.39, 0.29) is 0 Å². The van der Waals surface area contributed by atoms with E-state index in [1.165, 1.54) is 12.4 Å². The summed E-state index contributed by atoms with van der Waals surface area (Å²) in [6.07, 6.45) is 3.04. The third-order valence-corrected chi connectivity index (χ3v) is 2.25. The van der Waals surface area contributed by atoms with Crippen molar-refractivity contribution in [1.82, 2.24) is 4.98 Å². The molecule has 0 saturated heterocycles. The number of hydrogen-bond donors (Lipinski definition) is 1. The Morgan fingerprint density at radius 1 is 1.29 bits per heavy atom. The zero-order valence-corrected chi connectivity index (χ0v) is 9.48. The van der Waals surface area contributed by atoms with Crippen molar-refractivity contribution < 1.29 is 4.74 Å². The topological polar surface area (TPSA) is 71.9 Å². The number of nitrogens with zero attached hydrogens (tertiary/aromatic N) is 2. The van der Waals surface area contributed by atoms with E-state index in [2.05, 4.69) is 4.98 Å². The molecule has 0 aliphatic heterocycles. The summed E-state index contributed by atoms with van der Waals surface area (Å²) >= 11 is 5.78. The van der Waals surface area contributed by atoms with Crippen LogP contribution in [0.1, 0.15) is 5.56 Å². The van der Waals surface area contributed by atoms with Gasteiger partial charge in [-0.1, -0.05) is 11.6 Å². The maximum absolute atomic E-state index is 8.71. The monoisotopic (exact) mass is 245 g/mol. The molecular formula is C12H8ClN3O. The zero-order valence-electron chi connectivity index (χ0n) is 8.72. The van der Waals surface area contributed by atoms with E-state index in [4.69, 9.17) is 27.3 Å². The number of rotatable bonds is 2. The molecule has 2 aromatic rings. The third kappa shape index (κ3) is 2.65. The van der Waals surface area contributed by atoms with Crippen LogP contribution < -0.4 is 10.5 Å². The van der Waals surface area contributed by atoms with Crippen LogP contribution in [0.15, 0.2) is 36.7 Å². The van der Waals surface area contributed by atoms with Gasteiger partial charge in [-0.15, -0.1) is 0 Å². The second kappa shape index (κ2) is 4.73. The highest BCUT2D eigenvalue weighted by Crippen LogP contribution is 2.28. The number of benzene rings is 1. The van der Waals surface area contributed by atoms with Crippen LogP contribution in [0.4, 0.5) is 5.69 Å². The first-order valence-electron chi connectivity index (χ1n) is 4.77. The molecule has 0 unspecified atom stereocenters. The smallest absolute Gasteiger partial charge is 0.150 e. The van der Waals surface area contributed by atoms with E-state index in [1.807, 2.05) is 6.07 Å². The first-order valence-corrected chi connectivity index (χ1v) is 5.15. The fourth-order valence-corrected chi connectivity index (χ4v) is 1.45. The summed E-state index contributed by atoms with van der Waals surface area (Å²) < 4.78 is 5.51. The van der Waals surface area contributed by atoms with Crippen molar-refractivity contribution in [3.05, 3.63) is 47.2 Å². The molecule has 1 aromatic carbocycles. The number of anilines is 1. The van der Waals surface area contributed by atoms with Crippen LogP contribution in [-0.4, -0.2) is 4.98 Å². The van der Waals surface area contributed by atoms with Gasteiger partial charge in [0.15, 0.2) is 0 Å². The molecule has 0 aliphatic rings. The van der Waals surface area contributed by atoms with Crippen LogP contribution in [0, 0.1) is 11.3 Å². The molecular weight excluding hydrogens is 238 g/mol. The highest BCUT2D eigenvalue weighted by Gasteiger charge is 2.04. The van der Waals surface area contributed by atoms with Crippen LogP contribution >= 0.6 is 11.6 Å². The minimum absolute atomic E-state index is 0.393. The van der Waals surface area contributed by atoms with Gasteiger partial charge in [-0.25, -0.2) is 0 Å². The Balaban J connectivity index is 2.28. The van der Waals surface area contributed by atoms with Crippen LogP contribution in [0.3, 0.4) is 0 Å². The lowest BCUT2D eigenvalue weighted by atomic mass is 10.2. The van der Waals surface area contributed by atoms with Gasteiger partial charge in [0.1, 0.15) is 11.5 Å². The van der Waals surface area contributed by atoms with Gasteiger partial charge < -0.3 is 10.5 Å². The van der Waals surface area contributed by atoms with Crippen molar-refractivity contribution in [2.75, 3.05) is 5.73 Å². The molecule has 0 amide bonds. The minimum atomic E-state index is 0.393. The van der Waals surface area contributed by atoms with Crippen molar-refractivity contribution in [3.63, 3.8) is 0 Å². The van der Waals surface area contributed by atoms with E-state index in [9.17, 15) is 0 Å². The molecule has 0 aliphatic carbocycles. The lowest BCUT2D eigenvalue weighted by molar-refractivity contribution is 0.482. The second-order valence-electron chi connectivity index (χ2n) is 3.31. The Bertz CT molecular complexity index is 593. The van der Waals surface area contributed by atoms with Crippen LogP contribution in [0.2, 0.25) is 5.02 Å². The van der Waals surface area contributed by atoms with Crippen molar-refractivity contribution in [2.24, 2.45) is 0 Å². The summed E-state index contributed by atoms with van der Waals surface area (Å²) in [6, 6.07) is 8.44. The molecule has 0 atom stereocenters. The van der Waals surface area contributed by atoms with Gasteiger partial charge in [0, 0.05) is 12.3 Å². The largest absolute Gasteiger partial charge is 0.454 e. The molecule has 0 radical (unpaired) electrons. The maximum Gasteiger partial charge on any atom is 0.150 e. The summed E-state index contributed by atoms with van der Waals surface area (Å²) in [5.74, 6) is 0.960. The molecule has 1 heterocycles. The molecule has 5 heteroatoms. The van der Waals surface area contributed by atoms with Gasteiger partial charge >= 0.3 is 0 Å². The fourth-order valence-electron chi connectivity index (χ4n) is 1.29. The highest BCUT2D eigenvalue weighted by molar-refractivity contribution is 6.30. The Morgan fingerprint density at radius 3 is 2.76 bits per heavy atom. The Labute approximate surface area is 103 Å². The summed E-state index contributed by atoms with van der Waals surface area (Å²) in [5, 5.41) is 9.19. The number of aromatic nitrogens is 1. The average Bonchev–Trinajstić information content (AvgIpc) is 2.32. The predicted octanol–water partition coefficient (Wildman–Crippen LogP) is 2.98. The number of ether oxygens (including phenoxy) is 1. The SMILES string of the molecule is N#Cc1ccc(Oc2cncc(Cl)c2)c(N)c1. The van der Waals surface area contributed by atoms with Crippen LogP contribution in [-0.2, 0) is 0 Å².